The number of hydrogen-bond acceptors (Lipinski definition) is 7. The molecule has 1 fully saturated rings. The molecule has 0 unspecified atom stereocenters. The zero-order chi connectivity index (χ0) is 17.1. The second kappa shape index (κ2) is 6.63. The van der Waals surface area contributed by atoms with E-state index in [9.17, 15) is 4.79 Å². The smallest absolute Gasteiger partial charge is 0.274 e. The molecule has 1 aliphatic rings. The van der Waals surface area contributed by atoms with Crippen LogP contribution < -0.4 is 4.90 Å². The standard InChI is InChI=1S/C16H16N8O/c25-15(14-12-17-6-7-18-14)22-8-10-23(11-9-22)16-19-20-21-24(16)13-4-2-1-3-5-13/h1-7,12H,8-11H2. The summed E-state index contributed by atoms with van der Waals surface area (Å²) in [5.74, 6) is 0.577. The van der Waals surface area contributed by atoms with E-state index in [0.717, 1.165) is 5.69 Å². The molecule has 2 aromatic heterocycles. The summed E-state index contributed by atoms with van der Waals surface area (Å²) in [5.41, 5.74) is 1.27. The minimum Gasteiger partial charge on any atom is -0.336 e. The lowest BCUT2D eigenvalue weighted by molar-refractivity contribution is 0.0739. The van der Waals surface area contributed by atoms with E-state index in [-0.39, 0.29) is 5.91 Å². The van der Waals surface area contributed by atoms with Crippen LogP contribution in [0.3, 0.4) is 0 Å². The van der Waals surface area contributed by atoms with Crippen LogP contribution in [-0.2, 0) is 0 Å². The lowest BCUT2D eigenvalue weighted by Crippen LogP contribution is -2.49. The third-order valence-corrected chi connectivity index (χ3v) is 4.09. The molecule has 1 amide bonds. The van der Waals surface area contributed by atoms with Crippen molar-refractivity contribution in [2.75, 3.05) is 31.1 Å². The molecule has 0 spiro atoms. The lowest BCUT2D eigenvalue weighted by atomic mass is 10.3. The maximum atomic E-state index is 12.4. The number of carbonyl (C=O) groups is 1. The summed E-state index contributed by atoms with van der Waals surface area (Å²) in [5, 5.41) is 12.0. The number of rotatable bonds is 3. The number of anilines is 1. The Bertz CT molecular complexity index is 843. The summed E-state index contributed by atoms with van der Waals surface area (Å²) in [6.07, 6.45) is 4.57. The predicted molar refractivity (Wildman–Crippen MR) is 89.3 cm³/mol. The van der Waals surface area contributed by atoms with Gasteiger partial charge in [-0.1, -0.05) is 23.3 Å². The highest BCUT2D eigenvalue weighted by molar-refractivity contribution is 5.92. The summed E-state index contributed by atoms with van der Waals surface area (Å²) in [7, 11) is 0. The number of nitrogens with zero attached hydrogens (tertiary/aromatic N) is 8. The molecule has 25 heavy (non-hydrogen) atoms. The molecule has 126 valence electrons. The molecule has 4 rings (SSSR count). The first kappa shape index (κ1) is 15.2. The summed E-state index contributed by atoms with van der Waals surface area (Å²) in [6, 6.07) is 9.74. The highest BCUT2D eigenvalue weighted by Gasteiger charge is 2.26. The van der Waals surface area contributed by atoms with Gasteiger partial charge in [0.25, 0.3) is 5.91 Å². The predicted octanol–water partition coefficient (Wildman–Crippen LogP) is 0.415. The van der Waals surface area contributed by atoms with E-state index in [4.69, 9.17) is 0 Å². The van der Waals surface area contributed by atoms with Gasteiger partial charge in [0.15, 0.2) is 0 Å². The Morgan fingerprint density at radius 1 is 1.00 bits per heavy atom. The molecule has 0 atom stereocenters. The van der Waals surface area contributed by atoms with E-state index in [1.54, 1.807) is 15.8 Å². The van der Waals surface area contributed by atoms with Crippen LogP contribution >= 0.6 is 0 Å². The number of tetrazole rings is 1. The first-order chi connectivity index (χ1) is 12.3. The Hall–Kier alpha value is -3.36. The Kier molecular flexibility index (Phi) is 4.03. The van der Waals surface area contributed by atoms with Gasteiger partial charge in [-0.3, -0.25) is 9.78 Å². The Morgan fingerprint density at radius 3 is 2.52 bits per heavy atom. The number of piperazine rings is 1. The maximum Gasteiger partial charge on any atom is 0.274 e. The van der Waals surface area contributed by atoms with Crippen LogP contribution in [0.25, 0.3) is 5.69 Å². The van der Waals surface area contributed by atoms with Gasteiger partial charge in [0, 0.05) is 38.6 Å². The highest BCUT2D eigenvalue weighted by atomic mass is 16.2. The normalized spacial score (nSPS) is 14.6. The molecule has 3 aromatic rings. The summed E-state index contributed by atoms with van der Waals surface area (Å²) >= 11 is 0. The van der Waals surface area contributed by atoms with Crippen LogP contribution in [0.1, 0.15) is 10.5 Å². The van der Waals surface area contributed by atoms with Gasteiger partial charge in [0.2, 0.25) is 5.95 Å². The van der Waals surface area contributed by atoms with Crippen LogP contribution in [0.5, 0.6) is 0 Å². The fourth-order valence-electron chi connectivity index (χ4n) is 2.80. The Morgan fingerprint density at radius 2 is 1.80 bits per heavy atom. The fraction of sp³-hybridized carbons (Fsp3) is 0.250. The van der Waals surface area contributed by atoms with Gasteiger partial charge < -0.3 is 9.80 Å². The van der Waals surface area contributed by atoms with Gasteiger partial charge in [0.1, 0.15) is 5.69 Å². The van der Waals surface area contributed by atoms with Crippen molar-refractivity contribution in [3.05, 3.63) is 54.6 Å². The monoisotopic (exact) mass is 336 g/mol. The van der Waals surface area contributed by atoms with Gasteiger partial charge in [-0.2, -0.15) is 4.68 Å². The van der Waals surface area contributed by atoms with Crippen molar-refractivity contribution in [3.63, 3.8) is 0 Å². The Balaban J connectivity index is 1.47. The molecule has 9 heteroatoms. The van der Waals surface area contributed by atoms with Gasteiger partial charge in [-0.15, -0.1) is 0 Å². The van der Waals surface area contributed by atoms with Gasteiger partial charge >= 0.3 is 0 Å². The average molecular weight is 336 g/mol. The molecule has 3 heterocycles. The molecule has 0 aliphatic carbocycles. The molecule has 0 bridgehead atoms. The maximum absolute atomic E-state index is 12.4. The molecule has 0 N–H and O–H groups in total. The van der Waals surface area contributed by atoms with E-state index in [2.05, 4.69) is 30.4 Å². The summed E-state index contributed by atoms with van der Waals surface area (Å²) in [6.45, 7) is 2.46. The van der Waals surface area contributed by atoms with Crippen molar-refractivity contribution in [1.82, 2.24) is 35.1 Å². The third-order valence-electron chi connectivity index (χ3n) is 4.09. The number of para-hydroxylation sites is 1. The number of hydrogen-bond donors (Lipinski definition) is 0. The average Bonchev–Trinajstić information content (AvgIpc) is 3.19. The van der Waals surface area contributed by atoms with E-state index < -0.39 is 0 Å². The quantitative estimate of drug-likeness (QED) is 0.684. The number of benzene rings is 1. The first-order valence-corrected chi connectivity index (χ1v) is 7.97. The highest BCUT2D eigenvalue weighted by Crippen LogP contribution is 2.17. The number of carbonyl (C=O) groups excluding carboxylic acids is 1. The van der Waals surface area contributed by atoms with E-state index >= 15 is 0 Å². The van der Waals surface area contributed by atoms with Crippen molar-refractivity contribution >= 4 is 11.9 Å². The van der Waals surface area contributed by atoms with Crippen LogP contribution in [-0.4, -0.2) is 67.2 Å². The van der Waals surface area contributed by atoms with Gasteiger partial charge in [-0.05, 0) is 22.6 Å². The first-order valence-electron chi connectivity index (χ1n) is 7.97. The van der Waals surface area contributed by atoms with Crippen molar-refractivity contribution < 1.29 is 4.79 Å². The van der Waals surface area contributed by atoms with Crippen LogP contribution in [0.2, 0.25) is 0 Å². The van der Waals surface area contributed by atoms with Crippen LogP contribution in [0.15, 0.2) is 48.9 Å². The molecule has 1 aliphatic heterocycles. The third kappa shape index (κ3) is 3.03. The molecular weight excluding hydrogens is 320 g/mol. The van der Waals surface area contributed by atoms with Gasteiger partial charge in [0.05, 0.1) is 11.9 Å². The van der Waals surface area contributed by atoms with Crippen molar-refractivity contribution in [3.8, 4) is 5.69 Å². The fourth-order valence-corrected chi connectivity index (χ4v) is 2.80. The molecular formula is C16H16N8O. The number of aromatic nitrogens is 6. The van der Waals surface area contributed by atoms with E-state index in [1.807, 2.05) is 30.3 Å². The van der Waals surface area contributed by atoms with Crippen molar-refractivity contribution in [2.24, 2.45) is 0 Å². The van der Waals surface area contributed by atoms with Crippen LogP contribution in [0.4, 0.5) is 5.95 Å². The SMILES string of the molecule is O=C(c1cnccn1)N1CCN(c2nnnn2-c2ccccc2)CC1. The number of amides is 1. The van der Waals surface area contributed by atoms with Crippen LogP contribution in [0, 0.1) is 0 Å². The molecule has 1 aromatic carbocycles. The largest absolute Gasteiger partial charge is 0.336 e. The van der Waals surface area contributed by atoms with Gasteiger partial charge in [-0.25, -0.2) is 4.98 Å². The minimum absolute atomic E-state index is 0.101. The Labute approximate surface area is 143 Å². The molecule has 9 nitrogen and oxygen atoms in total. The topological polar surface area (TPSA) is 92.9 Å². The molecule has 0 radical (unpaired) electrons. The second-order valence-corrected chi connectivity index (χ2v) is 5.60. The minimum atomic E-state index is -0.101. The summed E-state index contributed by atoms with van der Waals surface area (Å²) < 4.78 is 1.71. The second-order valence-electron chi connectivity index (χ2n) is 5.60. The van der Waals surface area contributed by atoms with Crippen molar-refractivity contribution in [1.29, 1.82) is 0 Å². The zero-order valence-corrected chi connectivity index (χ0v) is 13.4. The van der Waals surface area contributed by atoms with Crippen molar-refractivity contribution in [2.45, 2.75) is 0 Å². The van der Waals surface area contributed by atoms with E-state index in [1.165, 1.54) is 12.4 Å². The molecule has 1 saturated heterocycles. The summed E-state index contributed by atoms with van der Waals surface area (Å²) in [4.78, 5) is 24.3. The lowest BCUT2D eigenvalue weighted by Gasteiger charge is -2.34. The molecule has 0 saturated carbocycles. The van der Waals surface area contributed by atoms with E-state index in [0.29, 0.717) is 37.8 Å². The zero-order valence-electron chi connectivity index (χ0n) is 13.4.